The second-order valence-corrected chi connectivity index (χ2v) is 5.93. The first kappa shape index (κ1) is 15.5. The van der Waals surface area contributed by atoms with Crippen LogP contribution in [0, 0.1) is 5.82 Å². The molecule has 1 fully saturated rings. The summed E-state index contributed by atoms with van der Waals surface area (Å²) in [6, 6.07) is 7.65. The number of hydrogen-bond acceptors (Lipinski definition) is 2. The van der Waals surface area contributed by atoms with E-state index >= 15 is 0 Å². The number of benzene rings is 1. The van der Waals surface area contributed by atoms with E-state index in [1.807, 2.05) is 12.1 Å². The molecule has 1 unspecified atom stereocenters. The van der Waals surface area contributed by atoms with Gasteiger partial charge in [0.2, 0.25) is 0 Å². The van der Waals surface area contributed by atoms with Crippen molar-refractivity contribution in [3.63, 3.8) is 0 Å². The number of nitrogens with one attached hydrogen (secondary N) is 1. The lowest BCUT2D eigenvalue weighted by Gasteiger charge is -2.47. The van der Waals surface area contributed by atoms with Crippen LogP contribution in [0.3, 0.4) is 0 Å². The molecule has 1 heterocycles. The van der Waals surface area contributed by atoms with Gasteiger partial charge in [-0.2, -0.15) is 0 Å². The first-order chi connectivity index (χ1) is 9.64. The third-order valence-corrected chi connectivity index (χ3v) is 4.89. The fraction of sp³-hybridized carbons (Fsp3) is 0.647. The van der Waals surface area contributed by atoms with Crippen LogP contribution in [0.4, 0.5) is 4.39 Å². The molecule has 1 aliphatic heterocycles. The summed E-state index contributed by atoms with van der Waals surface area (Å²) in [6.45, 7) is 9.42. The Bertz CT molecular complexity index is 429. The average molecular weight is 278 g/mol. The number of rotatable bonds is 5. The molecule has 2 nitrogen and oxygen atoms in total. The molecule has 0 saturated carbocycles. The van der Waals surface area contributed by atoms with Crippen molar-refractivity contribution in [1.29, 1.82) is 0 Å². The predicted octanol–water partition coefficient (Wildman–Crippen LogP) is 3.57. The highest BCUT2D eigenvalue weighted by Crippen LogP contribution is 2.25. The molecule has 1 aromatic carbocycles. The van der Waals surface area contributed by atoms with E-state index < -0.39 is 0 Å². The molecule has 1 atom stereocenters. The van der Waals surface area contributed by atoms with Gasteiger partial charge in [-0.05, 0) is 25.3 Å². The zero-order chi connectivity index (χ0) is 14.6. The second kappa shape index (κ2) is 6.68. The minimum absolute atomic E-state index is 0.0838. The molecule has 0 amide bonds. The summed E-state index contributed by atoms with van der Waals surface area (Å²) >= 11 is 0. The molecule has 0 spiro atoms. The SMILES string of the molecule is CCC1CNC(CC)(CC)CN1Cc1ccccc1F. The van der Waals surface area contributed by atoms with Crippen molar-refractivity contribution in [3.8, 4) is 0 Å². The van der Waals surface area contributed by atoms with Gasteiger partial charge in [0.15, 0.2) is 0 Å². The Kier molecular flexibility index (Phi) is 5.17. The van der Waals surface area contributed by atoms with E-state index in [2.05, 4.69) is 31.0 Å². The van der Waals surface area contributed by atoms with Crippen molar-refractivity contribution in [2.45, 2.75) is 58.2 Å². The van der Waals surface area contributed by atoms with Gasteiger partial charge in [0.05, 0.1) is 0 Å². The average Bonchev–Trinajstić information content (AvgIpc) is 2.49. The van der Waals surface area contributed by atoms with Crippen molar-refractivity contribution in [1.82, 2.24) is 10.2 Å². The van der Waals surface area contributed by atoms with Crippen LogP contribution in [0.2, 0.25) is 0 Å². The lowest BCUT2D eigenvalue weighted by atomic mass is 9.88. The van der Waals surface area contributed by atoms with Gasteiger partial charge in [0, 0.05) is 36.8 Å². The van der Waals surface area contributed by atoms with E-state index in [-0.39, 0.29) is 11.4 Å². The lowest BCUT2D eigenvalue weighted by Crippen LogP contribution is -2.63. The molecule has 112 valence electrons. The molecule has 1 N–H and O–H groups in total. The minimum Gasteiger partial charge on any atom is -0.308 e. The monoisotopic (exact) mass is 278 g/mol. The van der Waals surface area contributed by atoms with E-state index in [0.29, 0.717) is 12.6 Å². The maximum atomic E-state index is 13.9. The summed E-state index contributed by atoms with van der Waals surface area (Å²) < 4.78 is 13.9. The summed E-state index contributed by atoms with van der Waals surface area (Å²) in [6.07, 6.45) is 3.34. The molecule has 2 rings (SSSR count). The van der Waals surface area contributed by atoms with Crippen LogP contribution in [0.1, 0.15) is 45.6 Å². The van der Waals surface area contributed by atoms with Gasteiger partial charge >= 0.3 is 0 Å². The normalized spacial score (nSPS) is 22.9. The van der Waals surface area contributed by atoms with Gasteiger partial charge in [-0.15, -0.1) is 0 Å². The Morgan fingerprint density at radius 3 is 2.55 bits per heavy atom. The lowest BCUT2D eigenvalue weighted by molar-refractivity contribution is 0.0635. The zero-order valence-electron chi connectivity index (χ0n) is 13.0. The molecule has 0 aromatic heterocycles. The predicted molar refractivity (Wildman–Crippen MR) is 82.2 cm³/mol. The molecular formula is C17H27FN2. The van der Waals surface area contributed by atoms with E-state index in [0.717, 1.165) is 37.9 Å². The Morgan fingerprint density at radius 1 is 1.25 bits per heavy atom. The Balaban J connectivity index is 2.15. The van der Waals surface area contributed by atoms with Gasteiger partial charge in [0.1, 0.15) is 5.82 Å². The van der Waals surface area contributed by atoms with Crippen molar-refractivity contribution >= 4 is 0 Å². The molecule has 1 saturated heterocycles. The maximum absolute atomic E-state index is 13.9. The van der Waals surface area contributed by atoms with E-state index in [1.165, 1.54) is 0 Å². The summed E-state index contributed by atoms with van der Waals surface area (Å²) in [5, 5.41) is 3.73. The standard InChI is InChI=1S/C17H27FN2/c1-4-15-11-19-17(5-2,6-3)13-20(15)12-14-9-7-8-10-16(14)18/h7-10,15,19H,4-6,11-13H2,1-3H3. The topological polar surface area (TPSA) is 15.3 Å². The van der Waals surface area contributed by atoms with Gasteiger partial charge in [-0.25, -0.2) is 4.39 Å². The minimum atomic E-state index is -0.0838. The second-order valence-electron chi connectivity index (χ2n) is 5.93. The quantitative estimate of drug-likeness (QED) is 0.886. The Labute approximate surface area is 122 Å². The number of halogens is 1. The van der Waals surface area contributed by atoms with Crippen LogP contribution >= 0.6 is 0 Å². The van der Waals surface area contributed by atoms with Crippen LogP contribution in [0.15, 0.2) is 24.3 Å². The fourth-order valence-corrected chi connectivity index (χ4v) is 3.19. The maximum Gasteiger partial charge on any atom is 0.127 e. The van der Waals surface area contributed by atoms with Crippen LogP contribution in [0.5, 0.6) is 0 Å². The smallest absolute Gasteiger partial charge is 0.127 e. The number of piperazine rings is 1. The molecule has 0 aliphatic carbocycles. The van der Waals surface area contributed by atoms with Crippen LogP contribution in [-0.4, -0.2) is 29.6 Å². The summed E-state index contributed by atoms with van der Waals surface area (Å²) in [5.74, 6) is -0.0838. The van der Waals surface area contributed by atoms with E-state index in [1.54, 1.807) is 12.1 Å². The Morgan fingerprint density at radius 2 is 1.95 bits per heavy atom. The van der Waals surface area contributed by atoms with Crippen molar-refractivity contribution in [3.05, 3.63) is 35.6 Å². The highest BCUT2D eigenvalue weighted by Gasteiger charge is 2.36. The summed E-state index contributed by atoms with van der Waals surface area (Å²) in [5.41, 5.74) is 1.01. The van der Waals surface area contributed by atoms with Gasteiger partial charge in [-0.3, -0.25) is 4.90 Å². The third kappa shape index (κ3) is 3.21. The zero-order valence-corrected chi connectivity index (χ0v) is 13.0. The van der Waals surface area contributed by atoms with Crippen molar-refractivity contribution in [2.75, 3.05) is 13.1 Å². The van der Waals surface area contributed by atoms with Crippen LogP contribution in [-0.2, 0) is 6.54 Å². The van der Waals surface area contributed by atoms with Gasteiger partial charge in [-0.1, -0.05) is 39.0 Å². The Hall–Kier alpha value is -0.930. The molecule has 1 aliphatic rings. The summed E-state index contributed by atoms with van der Waals surface area (Å²) in [7, 11) is 0. The molecule has 0 radical (unpaired) electrons. The van der Waals surface area contributed by atoms with E-state index in [4.69, 9.17) is 0 Å². The third-order valence-electron chi connectivity index (χ3n) is 4.89. The first-order valence-corrected chi connectivity index (χ1v) is 7.86. The van der Waals surface area contributed by atoms with Crippen LogP contribution < -0.4 is 5.32 Å². The first-order valence-electron chi connectivity index (χ1n) is 7.86. The van der Waals surface area contributed by atoms with Gasteiger partial charge in [0.25, 0.3) is 0 Å². The molecule has 3 heteroatoms. The highest BCUT2D eigenvalue weighted by atomic mass is 19.1. The van der Waals surface area contributed by atoms with Crippen molar-refractivity contribution in [2.24, 2.45) is 0 Å². The van der Waals surface area contributed by atoms with Crippen molar-refractivity contribution < 1.29 is 4.39 Å². The molecule has 0 bridgehead atoms. The summed E-state index contributed by atoms with van der Waals surface area (Å²) in [4.78, 5) is 2.46. The van der Waals surface area contributed by atoms with E-state index in [9.17, 15) is 4.39 Å². The van der Waals surface area contributed by atoms with Gasteiger partial charge < -0.3 is 5.32 Å². The number of hydrogen-bond donors (Lipinski definition) is 1. The molecule has 20 heavy (non-hydrogen) atoms. The highest BCUT2D eigenvalue weighted by molar-refractivity contribution is 5.17. The largest absolute Gasteiger partial charge is 0.308 e. The molecular weight excluding hydrogens is 251 g/mol. The van der Waals surface area contributed by atoms with Crippen LogP contribution in [0.25, 0.3) is 0 Å². The molecule has 1 aromatic rings. The number of nitrogens with zero attached hydrogens (tertiary/aromatic N) is 1. The fourth-order valence-electron chi connectivity index (χ4n) is 3.19.